The zero-order valence-corrected chi connectivity index (χ0v) is 12.7. The van der Waals surface area contributed by atoms with Crippen LogP contribution in [0.5, 0.6) is 0 Å². The van der Waals surface area contributed by atoms with Crippen LogP contribution in [0.3, 0.4) is 0 Å². The van der Waals surface area contributed by atoms with Crippen LogP contribution in [0.15, 0.2) is 17.5 Å². The molecule has 3 atom stereocenters. The van der Waals surface area contributed by atoms with Gasteiger partial charge >= 0.3 is 0 Å². The first-order valence-electron chi connectivity index (χ1n) is 6.99. The molecule has 0 aliphatic heterocycles. The van der Waals surface area contributed by atoms with E-state index in [0.29, 0.717) is 17.5 Å². The van der Waals surface area contributed by atoms with Gasteiger partial charge in [0.2, 0.25) is 0 Å². The topological polar surface area (TPSA) is 29.3 Å². The molecular formula is C15H26N2S. The van der Waals surface area contributed by atoms with Gasteiger partial charge in [-0.1, -0.05) is 19.4 Å². The van der Waals surface area contributed by atoms with Crippen molar-refractivity contribution in [3.8, 4) is 0 Å². The fourth-order valence-corrected chi connectivity index (χ4v) is 3.88. The first-order chi connectivity index (χ1) is 8.51. The third kappa shape index (κ3) is 3.14. The third-order valence-electron chi connectivity index (χ3n) is 4.60. The quantitative estimate of drug-likeness (QED) is 0.887. The van der Waals surface area contributed by atoms with Crippen LogP contribution in [0.4, 0.5) is 0 Å². The predicted octanol–water partition coefficient (Wildman–Crippen LogP) is 3.13. The van der Waals surface area contributed by atoms with Crippen LogP contribution in [0.1, 0.15) is 38.0 Å². The minimum atomic E-state index is 0.318. The molecule has 2 rings (SSSR count). The van der Waals surface area contributed by atoms with Gasteiger partial charge in [0.1, 0.15) is 0 Å². The van der Waals surface area contributed by atoms with Crippen molar-refractivity contribution in [2.75, 3.05) is 13.6 Å². The lowest BCUT2D eigenvalue weighted by molar-refractivity contribution is 0.145. The standard InChI is InChI=1S/C15H26N2S/c1-12(10-13-6-5-9-18-13)17(3)11-15(2)8-4-7-14(15)16/h5-6,9,12,14H,4,7-8,10-11,16H2,1-3H3. The number of hydrogen-bond donors (Lipinski definition) is 1. The monoisotopic (exact) mass is 266 g/mol. The summed E-state index contributed by atoms with van der Waals surface area (Å²) in [4.78, 5) is 3.97. The Kier molecular flexibility index (Phi) is 4.46. The second-order valence-corrected chi connectivity index (χ2v) is 7.23. The van der Waals surface area contributed by atoms with Gasteiger partial charge in [-0.25, -0.2) is 0 Å². The first kappa shape index (κ1) is 14.0. The molecule has 1 heterocycles. The van der Waals surface area contributed by atoms with Gasteiger partial charge < -0.3 is 10.6 Å². The number of rotatable bonds is 5. The lowest BCUT2D eigenvalue weighted by atomic mass is 9.84. The van der Waals surface area contributed by atoms with Crippen LogP contribution >= 0.6 is 11.3 Å². The lowest BCUT2D eigenvalue weighted by Gasteiger charge is -2.36. The molecule has 0 saturated heterocycles. The molecule has 2 nitrogen and oxygen atoms in total. The summed E-state index contributed by atoms with van der Waals surface area (Å²) >= 11 is 1.86. The number of thiophene rings is 1. The van der Waals surface area contributed by atoms with Crippen LogP contribution in [0.2, 0.25) is 0 Å². The van der Waals surface area contributed by atoms with E-state index < -0.39 is 0 Å². The largest absolute Gasteiger partial charge is 0.327 e. The maximum atomic E-state index is 6.27. The van der Waals surface area contributed by atoms with Gasteiger partial charge in [0.15, 0.2) is 0 Å². The summed E-state index contributed by atoms with van der Waals surface area (Å²) in [5.41, 5.74) is 6.59. The fourth-order valence-electron chi connectivity index (χ4n) is 3.06. The highest BCUT2D eigenvalue weighted by atomic mass is 32.1. The lowest BCUT2D eigenvalue weighted by Crippen LogP contribution is -2.46. The van der Waals surface area contributed by atoms with E-state index >= 15 is 0 Å². The van der Waals surface area contributed by atoms with Crippen molar-refractivity contribution in [2.24, 2.45) is 11.1 Å². The van der Waals surface area contributed by atoms with E-state index in [1.165, 1.54) is 24.1 Å². The van der Waals surface area contributed by atoms with E-state index in [-0.39, 0.29) is 0 Å². The van der Waals surface area contributed by atoms with Gasteiger partial charge in [0, 0.05) is 23.5 Å². The molecule has 3 unspecified atom stereocenters. The van der Waals surface area contributed by atoms with E-state index in [4.69, 9.17) is 5.73 Å². The van der Waals surface area contributed by atoms with Crippen LogP contribution < -0.4 is 5.73 Å². The summed E-state index contributed by atoms with van der Waals surface area (Å²) in [6.07, 6.45) is 4.93. The van der Waals surface area contributed by atoms with Crippen LogP contribution in [-0.4, -0.2) is 30.6 Å². The summed E-state index contributed by atoms with van der Waals surface area (Å²) in [5, 5.41) is 2.16. The highest BCUT2D eigenvalue weighted by molar-refractivity contribution is 7.09. The van der Waals surface area contributed by atoms with Crippen molar-refractivity contribution < 1.29 is 0 Å². The van der Waals surface area contributed by atoms with Crippen molar-refractivity contribution in [3.63, 3.8) is 0 Å². The number of nitrogens with two attached hydrogens (primary N) is 1. The maximum absolute atomic E-state index is 6.27. The molecular weight excluding hydrogens is 240 g/mol. The Labute approximate surface area is 115 Å². The summed E-state index contributed by atoms with van der Waals surface area (Å²) < 4.78 is 0. The Balaban J connectivity index is 1.89. The number of hydrogen-bond acceptors (Lipinski definition) is 3. The molecule has 0 bridgehead atoms. The summed E-state index contributed by atoms with van der Waals surface area (Å²) in [6.45, 7) is 5.81. The molecule has 0 aromatic carbocycles. The van der Waals surface area contributed by atoms with Gasteiger partial charge in [-0.3, -0.25) is 0 Å². The zero-order chi connectivity index (χ0) is 13.2. The van der Waals surface area contributed by atoms with E-state index in [1.807, 2.05) is 11.3 Å². The Morgan fingerprint density at radius 1 is 1.61 bits per heavy atom. The van der Waals surface area contributed by atoms with E-state index in [9.17, 15) is 0 Å². The Hall–Kier alpha value is -0.380. The van der Waals surface area contributed by atoms with E-state index in [1.54, 1.807) is 0 Å². The van der Waals surface area contributed by atoms with Gasteiger partial charge in [0.05, 0.1) is 0 Å². The molecule has 0 spiro atoms. The van der Waals surface area contributed by atoms with Crippen LogP contribution in [-0.2, 0) is 6.42 Å². The minimum absolute atomic E-state index is 0.318. The minimum Gasteiger partial charge on any atom is -0.327 e. The first-order valence-corrected chi connectivity index (χ1v) is 7.87. The predicted molar refractivity (Wildman–Crippen MR) is 80.0 cm³/mol. The molecule has 2 N–H and O–H groups in total. The smallest absolute Gasteiger partial charge is 0.0112 e. The third-order valence-corrected chi connectivity index (χ3v) is 5.50. The Bertz CT molecular complexity index is 363. The van der Waals surface area contributed by atoms with Crippen LogP contribution in [0.25, 0.3) is 0 Å². The summed E-state index contributed by atoms with van der Waals surface area (Å²) in [7, 11) is 2.24. The second kappa shape index (κ2) is 5.72. The molecule has 1 aliphatic rings. The SMILES string of the molecule is CC(Cc1cccs1)N(C)CC1(C)CCCC1N. The molecule has 18 heavy (non-hydrogen) atoms. The van der Waals surface area contributed by atoms with Gasteiger partial charge in [-0.15, -0.1) is 11.3 Å². The molecule has 3 heteroatoms. The average molecular weight is 266 g/mol. The van der Waals surface area contributed by atoms with Crippen LogP contribution in [0, 0.1) is 5.41 Å². The molecule has 0 radical (unpaired) electrons. The molecule has 1 aliphatic carbocycles. The van der Waals surface area contributed by atoms with Gasteiger partial charge in [-0.05, 0) is 50.1 Å². The van der Waals surface area contributed by atoms with E-state index in [0.717, 1.165) is 13.0 Å². The molecule has 102 valence electrons. The maximum Gasteiger partial charge on any atom is 0.0112 e. The highest BCUT2D eigenvalue weighted by Crippen LogP contribution is 2.37. The second-order valence-electron chi connectivity index (χ2n) is 6.20. The molecule has 1 aromatic heterocycles. The molecule has 1 saturated carbocycles. The van der Waals surface area contributed by atoms with Crippen molar-refractivity contribution in [1.29, 1.82) is 0 Å². The van der Waals surface area contributed by atoms with Crippen molar-refractivity contribution in [2.45, 2.75) is 51.6 Å². The fraction of sp³-hybridized carbons (Fsp3) is 0.733. The highest BCUT2D eigenvalue weighted by Gasteiger charge is 2.37. The average Bonchev–Trinajstić information content (AvgIpc) is 2.91. The molecule has 0 amide bonds. The molecule has 1 fully saturated rings. The Morgan fingerprint density at radius 2 is 2.39 bits per heavy atom. The Morgan fingerprint density at radius 3 is 2.94 bits per heavy atom. The van der Waals surface area contributed by atoms with Crippen molar-refractivity contribution in [3.05, 3.63) is 22.4 Å². The van der Waals surface area contributed by atoms with Crippen molar-refractivity contribution in [1.82, 2.24) is 4.90 Å². The van der Waals surface area contributed by atoms with E-state index in [2.05, 4.69) is 43.3 Å². The normalized spacial score (nSPS) is 29.9. The number of nitrogens with zero attached hydrogens (tertiary/aromatic N) is 1. The summed E-state index contributed by atoms with van der Waals surface area (Å²) in [5.74, 6) is 0. The van der Waals surface area contributed by atoms with Gasteiger partial charge in [0.25, 0.3) is 0 Å². The molecule has 1 aromatic rings. The van der Waals surface area contributed by atoms with Crippen molar-refractivity contribution >= 4 is 11.3 Å². The van der Waals surface area contributed by atoms with Gasteiger partial charge in [-0.2, -0.15) is 0 Å². The zero-order valence-electron chi connectivity index (χ0n) is 11.9. The number of likely N-dealkylation sites (N-methyl/N-ethyl adjacent to an activating group) is 1. The summed E-state index contributed by atoms with van der Waals surface area (Å²) in [6, 6.07) is 5.35.